The van der Waals surface area contributed by atoms with Crippen LogP contribution in [-0.4, -0.2) is 44.2 Å². The number of rotatable bonds is 9. The van der Waals surface area contributed by atoms with Gasteiger partial charge in [0.1, 0.15) is 0 Å². The van der Waals surface area contributed by atoms with Gasteiger partial charge in [0.05, 0.1) is 0 Å². The number of guanidine groups is 1. The highest BCUT2D eigenvalue weighted by Crippen LogP contribution is 2.49. The fourth-order valence-electron chi connectivity index (χ4n) is 2.74. The first-order valence-corrected chi connectivity index (χ1v) is 8.80. The molecule has 1 aromatic carbocycles. The van der Waals surface area contributed by atoms with Gasteiger partial charge >= 0.3 is 0 Å². The first kappa shape index (κ1) is 21.2. The Morgan fingerprint density at radius 3 is 2.54 bits per heavy atom. The van der Waals surface area contributed by atoms with Crippen molar-refractivity contribution in [1.82, 2.24) is 10.2 Å². The Balaban J connectivity index is 0.00000288. The fourth-order valence-corrected chi connectivity index (χ4v) is 2.74. The number of ether oxygens (including phenoxy) is 1. The molecule has 2 rings (SSSR count). The number of hydrogen-bond donors (Lipinski definition) is 1. The second-order valence-electron chi connectivity index (χ2n) is 6.46. The maximum absolute atomic E-state index is 5.52. The Morgan fingerprint density at radius 1 is 1.25 bits per heavy atom. The SMILES string of the molecule is CCNC(=NCC1(CCOCC)CC1)N(C)Cc1ccccc1.I. The van der Waals surface area contributed by atoms with Crippen LogP contribution in [0.4, 0.5) is 0 Å². The van der Waals surface area contributed by atoms with E-state index in [-0.39, 0.29) is 24.0 Å². The summed E-state index contributed by atoms with van der Waals surface area (Å²) in [5, 5.41) is 3.41. The minimum absolute atomic E-state index is 0. The van der Waals surface area contributed by atoms with Crippen LogP contribution in [0.3, 0.4) is 0 Å². The molecule has 0 amide bonds. The van der Waals surface area contributed by atoms with Crippen LogP contribution in [0, 0.1) is 5.41 Å². The Bertz CT molecular complexity index is 489. The van der Waals surface area contributed by atoms with Crippen LogP contribution in [0.2, 0.25) is 0 Å². The van der Waals surface area contributed by atoms with Gasteiger partial charge < -0.3 is 15.0 Å². The van der Waals surface area contributed by atoms with Gasteiger partial charge in [-0.25, -0.2) is 0 Å². The van der Waals surface area contributed by atoms with E-state index < -0.39 is 0 Å². The third-order valence-corrected chi connectivity index (χ3v) is 4.46. The van der Waals surface area contributed by atoms with Crippen LogP contribution >= 0.6 is 24.0 Å². The molecule has 0 atom stereocenters. The molecule has 0 bridgehead atoms. The summed E-state index contributed by atoms with van der Waals surface area (Å²) in [5.41, 5.74) is 1.70. The molecule has 1 N–H and O–H groups in total. The minimum atomic E-state index is 0. The van der Waals surface area contributed by atoms with Gasteiger partial charge in [-0.05, 0) is 44.1 Å². The molecule has 1 saturated carbocycles. The van der Waals surface area contributed by atoms with Crippen molar-refractivity contribution in [1.29, 1.82) is 0 Å². The molecule has 1 aliphatic carbocycles. The van der Waals surface area contributed by atoms with Crippen LogP contribution in [0.15, 0.2) is 35.3 Å². The smallest absolute Gasteiger partial charge is 0.193 e. The first-order chi connectivity index (χ1) is 11.2. The summed E-state index contributed by atoms with van der Waals surface area (Å²) >= 11 is 0. The lowest BCUT2D eigenvalue weighted by atomic mass is 10.0. The van der Waals surface area contributed by atoms with E-state index in [4.69, 9.17) is 9.73 Å². The molecule has 24 heavy (non-hydrogen) atoms. The van der Waals surface area contributed by atoms with Gasteiger partial charge in [0, 0.05) is 39.9 Å². The second kappa shape index (κ2) is 10.9. The summed E-state index contributed by atoms with van der Waals surface area (Å²) in [6.07, 6.45) is 3.70. The van der Waals surface area contributed by atoms with Crippen LogP contribution in [0.25, 0.3) is 0 Å². The number of aliphatic imine (C=N–C) groups is 1. The largest absolute Gasteiger partial charge is 0.382 e. The molecule has 1 fully saturated rings. The average molecular weight is 445 g/mol. The van der Waals surface area contributed by atoms with E-state index in [2.05, 4.69) is 61.4 Å². The second-order valence-corrected chi connectivity index (χ2v) is 6.46. The summed E-state index contributed by atoms with van der Waals surface area (Å²) in [4.78, 5) is 7.10. The Kier molecular flexibility index (Phi) is 9.66. The molecule has 1 aliphatic rings. The molecule has 0 aliphatic heterocycles. The lowest BCUT2D eigenvalue weighted by molar-refractivity contribution is 0.129. The highest BCUT2D eigenvalue weighted by molar-refractivity contribution is 14.0. The van der Waals surface area contributed by atoms with Gasteiger partial charge in [-0.2, -0.15) is 0 Å². The van der Waals surface area contributed by atoms with Crippen LogP contribution in [0.5, 0.6) is 0 Å². The topological polar surface area (TPSA) is 36.9 Å². The van der Waals surface area contributed by atoms with Crippen molar-refractivity contribution in [2.24, 2.45) is 10.4 Å². The van der Waals surface area contributed by atoms with Crippen molar-refractivity contribution in [2.45, 2.75) is 39.7 Å². The van der Waals surface area contributed by atoms with E-state index in [9.17, 15) is 0 Å². The Hall–Kier alpha value is -0.820. The van der Waals surface area contributed by atoms with Crippen molar-refractivity contribution < 1.29 is 4.74 Å². The lowest BCUT2D eigenvalue weighted by Gasteiger charge is -2.23. The van der Waals surface area contributed by atoms with Gasteiger partial charge in [-0.3, -0.25) is 4.99 Å². The summed E-state index contributed by atoms with van der Waals surface area (Å²) in [7, 11) is 2.11. The number of nitrogens with zero attached hydrogens (tertiary/aromatic N) is 2. The summed E-state index contributed by atoms with van der Waals surface area (Å²) in [6, 6.07) is 10.5. The molecule has 0 unspecified atom stereocenters. The monoisotopic (exact) mass is 445 g/mol. The van der Waals surface area contributed by atoms with Crippen LogP contribution < -0.4 is 5.32 Å². The van der Waals surface area contributed by atoms with Crippen molar-refractivity contribution >= 4 is 29.9 Å². The quantitative estimate of drug-likeness (QED) is 0.271. The van der Waals surface area contributed by atoms with E-state index in [1.165, 1.54) is 18.4 Å². The highest BCUT2D eigenvalue weighted by atomic mass is 127. The maximum atomic E-state index is 5.52. The third kappa shape index (κ3) is 6.97. The zero-order chi connectivity index (χ0) is 16.5. The zero-order valence-electron chi connectivity index (χ0n) is 15.3. The molecule has 0 saturated heterocycles. The number of hydrogen-bond acceptors (Lipinski definition) is 2. The molecule has 4 nitrogen and oxygen atoms in total. The standard InChI is InChI=1S/C19H31N3O.HI/c1-4-20-18(22(3)15-17-9-7-6-8-10-17)21-16-19(11-12-19)13-14-23-5-2;/h6-10H,4-5,11-16H2,1-3H3,(H,20,21);1H. The normalized spacial score (nSPS) is 15.5. The molecule has 136 valence electrons. The van der Waals surface area contributed by atoms with Crippen LogP contribution in [0.1, 0.15) is 38.7 Å². The minimum Gasteiger partial charge on any atom is -0.382 e. The molecular formula is C19H32IN3O. The van der Waals surface area contributed by atoms with Gasteiger partial charge in [0.25, 0.3) is 0 Å². The van der Waals surface area contributed by atoms with Gasteiger partial charge in [0.2, 0.25) is 0 Å². The van der Waals surface area contributed by atoms with Crippen LogP contribution in [-0.2, 0) is 11.3 Å². The predicted octanol–water partition coefficient (Wildman–Crippen LogP) is 3.91. The number of nitrogens with one attached hydrogen (secondary N) is 1. The molecule has 0 radical (unpaired) electrons. The maximum Gasteiger partial charge on any atom is 0.193 e. The van der Waals surface area contributed by atoms with E-state index in [1.807, 2.05) is 0 Å². The van der Waals surface area contributed by atoms with Crippen molar-refractivity contribution in [3.05, 3.63) is 35.9 Å². The van der Waals surface area contributed by atoms with E-state index in [0.717, 1.165) is 45.2 Å². The average Bonchev–Trinajstić information content (AvgIpc) is 3.33. The molecule has 0 heterocycles. The van der Waals surface area contributed by atoms with Gasteiger partial charge in [0.15, 0.2) is 5.96 Å². The Labute approximate surface area is 164 Å². The highest BCUT2D eigenvalue weighted by Gasteiger charge is 2.42. The van der Waals surface area contributed by atoms with Crippen molar-refractivity contribution in [3.63, 3.8) is 0 Å². The molecule has 5 heteroatoms. The Morgan fingerprint density at radius 2 is 1.96 bits per heavy atom. The molecular weight excluding hydrogens is 413 g/mol. The van der Waals surface area contributed by atoms with E-state index in [0.29, 0.717) is 5.41 Å². The number of benzene rings is 1. The van der Waals surface area contributed by atoms with Gasteiger partial charge in [-0.1, -0.05) is 30.3 Å². The van der Waals surface area contributed by atoms with Crippen molar-refractivity contribution in [3.8, 4) is 0 Å². The summed E-state index contributed by atoms with van der Waals surface area (Å²) in [5.74, 6) is 0.999. The lowest BCUT2D eigenvalue weighted by Crippen LogP contribution is -2.39. The summed E-state index contributed by atoms with van der Waals surface area (Å²) in [6.45, 7) is 8.52. The van der Waals surface area contributed by atoms with Crippen molar-refractivity contribution in [2.75, 3.05) is 33.4 Å². The molecule has 1 aromatic rings. The zero-order valence-corrected chi connectivity index (χ0v) is 17.6. The van der Waals surface area contributed by atoms with E-state index >= 15 is 0 Å². The summed E-state index contributed by atoms with van der Waals surface area (Å²) < 4.78 is 5.52. The fraction of sp³-hybridized carbons (Fsp3) is 0.632. The van der Waals surface area contributed by atoms with E-state index in [1.54, 1.807) is 0 Å². The molecule has 0 spiro atoms. The first-order valence-electron chi connectivity index (χ1n) is 8.80. The molecule has 0 aromatic heterocycles. The van der Waals surface area contributed by atoms with Gasteiger partial charge in [-0.15, -0.1) is 24.0 Å². The number of halogens is 1. The third-order valence-electron chi connectivity index (χ3n) is 4.46. The predicted molar refractivity (Wildman–Crippen MR) is 112 cm³/mol.